The highest BCUT2D eigenvalue weighted by Crippen LogP contribution is 2.31. The smallest absolute Gasteiger partial charge is 0.414 e. The van der Waals surface area contributed by atoms with Crippen LogP contribution in [-0.2, 0) is 9.59 Å². The zero-order chi connectivity index (χ0) is 18.4. The van der Waals surface area contributed by atoms with Gasteiger partial charge in [0.2, 0.25) is 0 Å². The number of aromatic nitrogens is 2. The quantitative estimate of drug-likeness (QED) is 0.701. The van der Waals surface area contributed by atoms with E-state index in [1.165, 1.54) is 0 Å². The van der Waals surface area contributed by atoms with Crippen molar-refractivity contribution in [1.29, 1.82) is 0 Å². The lowest BCUT2D eigenvalue weighted by molar-refractivity contribution is -0.159. The van der Waals surface area contributed by atoms with Gasteiger partial charge in [-0.05, 0) is 30.3 Å². The van der Waals surface area contributed by atoms with E-state index in [-0.39, 0.29) is 0 Å². The van der Waals surface area contributed by atoms with E-state index in [0.717, 1.165) is 16.9 Å². The van der Waals surface area contributed by atoms with E-state index in [4.69, 9.17) is 29.3 Å². The molecular formula is C17H16N2O6. The molecule has 0 fully saturated rings. The minimum Gasteiger partial charge on any atom is -0.493 e. The van der Waals surface area contributed by atoms with Crippen LogP contribution in [0.4, 0.5) is 0 Å². The molecule has 0 aliphatic heterocycles. The molecule has 25 heavy (non-hydrogen) atoms. The Hall–Kier alpha value is -3.55. The number of hydrogen-bond donors (Lipinski definition) is 2. The fourth-order valence-corrected chi connectivity index (χ4v) is 2.13. The predicted octanol–water partition coefficient (Wildman–Crippen LogP) is 2.17. The largest absolute Gasteiger partial charge is 0.493 e. The topological polar surface area (TPSA) is 110 Å². The zero-order valence-electron chi connectivity index (χ0n) is 13.5. The number of pyridine rings is 1. The Balaban J connectivity index is 0.000000326. The van der Waals surface area contributed by atoms with Crippen LogP contribution in [0.2, 0.25) is 0 Å². The maximum Gasteiger partial charge on any atom is 0.414 e. The summed E-state index contributed by atoms with van der Waals surface area (Å²) in [6.45, 7) is 0. The second kappa shape index (κ2) is 7.82. The average molecular weight is 344 g/mol. The van der Waals surface area contributed by atoms with Gasteiger partial charge >= 0.3 is 11.9 Å². The van der Waals surface area contributed by atoms with Crippen molar-refractivity contribution in [1.82, 2.24) is 9.38 Å². The van der Waals surface area contributed by atoms with E-state index < -0.39 is 11.9 Å². The minimum atomic E-state index is -1.82. The Morgan fingerprint density at radius 1 is 1.00 bits per heavy atom. The van der Waals surface area contributed by atoms with Gasteiger partial charge in [-0.3, -0.25) is 4.40 Å². The van der Waals surface area contributed by atoms with E-state index in [1.807, 2.05) is 53.2 Å². The fraction of sp³-hybridized carbons (Fsp3) is 0.118. The highest BCUT2D eigenvalue weighted by atomic mass is 16.5. The number of carboxylic acid groups (broad SMARTS) is 2. The third-order valence-electron chi connectivity index (χ3n) is 3.26. The van der Waals surface area contributed by atoms with E-state index in [0.29, 0.717) is 11.5 Å². The number of hydrogen-bond acceptors (Lipinski definition) is 5. The number of nitrogens with zero attached hydrogens (tertiary/aromatic N) is 2. The number of aliphatic carboxylic acids is 2. The Bertz CT molecular complexity index is 891. The first-order chi connectivity index (χ1) is 12.0. The summed E-state index contributed by atoms with van der Waals surface area (Å²) < 4.78 is 12.6. The van der Waals surface area contributed by atoms with Gasteiger partial charge in [-0.15, -0.1) is 0 Å². The Kier molecular flexibility index (Phi) is 5.57. The summed E-state index contributed by atoms with van der Waals surface area (Å²) in [7, 11) is 3.26. The first-order valence-electron chi connectivity index (χ1n) is 7.08. The lowest BCUT2D eigenvalue weighted by Gasteiger charge is -2.09. The predicted molar refractivity (Wildman–Crippen MR) is 89.0 cm³/mol. The van der Waals surface area contributed by atoms with E-state index in [1.54, 1.807) is 14.2 Å². The molecular weight excluding hydrogens is 328 g/mol. The SMILES string of the molecule is COc1ccc(-c2ncc3ccccn23)cc1OC.O=C(O)C(=O)O. The van der Waals surface area contributed by atoms with E-state index >= 15 is 0 Å². The summed E-state index contributed by atoms with van der Waals surface area (Å²) in [6, 6.07) is 11.8. The molecule has 3 aromatic rings. The molecule has 0 unspecified atom stereocenters. The summed E-state index contributed by atoms with van der Waals surface area (Å²) in [5, 5.41) is 14.8. The average Bonchev–Trinajstić information content (AvgIpc) is 3.05. The highest BCUT2D eigenvalue weighted by Gasteiger charge is 2.10. The van der Waals surface area contributed by atoms with E-state index in [9.17, 15) is 0 Å². The maximum atomic E-state index is 9.10. The molecule has 0 aliphatic rings. The second-order valence-electron chi connectivity index (χ2n) is 4.76. The summed E-state index contributed by atoms with van der Waals surface area (Å²) in [5.41, 5.74) is 2.05. The van der Waals surface area contributed by atoms with Crippen LogP contribution in [0.15, 0.2) is 48.8 Å². The van der Waals surface area contributed by atoms with Crippen LogP contribution >= 0.6 is 0 Å². The van der Waals surface area contributed by atoms with Crippen LogP contribution in [-0.4, -0.2) is 45.8 Å². The number of ether oxygens (including phenoxy) is 2. The lowest BCUT2D eigenvalue weighted by Crippen LogP contribution is -2.09. The van der Waals surface area contributed by atoms with Crippen molar-refractivity contribution < 1.29 is 29.3 Å². The van der Waals surface area contributed by atoms with Gasteiger partial charge in [0.05, 0.1) is 25.9 Å². The number of imidazole rings is 1. The van der Waals surface area contributed by atoms with E-state index in [2.05, 4.69) is 4.98 Å². The number of carbonyl (C=O) groups is 2. The van der Waals surface area contributed by atoms with Crippen LogP contribution in [0.5, 0.6) is 11.5 Å². The van der Waals surface area contributed by atoms with Crippen LogP contribution in [0.1, 0.15) is 0 Å². The third kappa shape index (κ3) is 4.05. The third-order valence-corrected chi connectivity index (χ3v) is 3.26. The van der Waals surface area contributed by atoms with Crippen molar-refractivity contribution in [3.8, 4) is 22.9 Å². The fourth-order valence-electron chi connectivity index (χ4n) is 2.13. The molecule has 3 rings (SSSR count). The molecule has 0 saturated heterocycles. The lowest BCUT2D eigenvalue weighted by atomic mass is 10.2. The van der Waals surface area contributed by atoms with Crippen molar-refractivity contribution in [3.05, 3.63) is 48.8 Å². The van der Waals surface area contributed by atoms with Crippen molar-refractivity contribution in [2.45, 2.75) is 0 Å². The molecule has 0 atom stereocenters. The van der Waals surface area contributed by atoms with Crippen molar-refractivity contribution >= 4 is 17.5 Å². The number of benzene rings is 1. The maximum absolute atomic E-state index is 9.10. The van der Waals surface area contributed by atoms with Gasteiger partial charge in [0.15, 0.2) is 11.5 Å². The number of fused-ring (bicyclic) bond motifs is 1. The van der Waals surface area contributed by atoms with Gasteiger partial charge in [-0.2, -0.15) is 0 Å². The van der Waals surface area contributed by atoms with Crippen LogP contribution in [0, 0.1) is 0 Å². The Morgan fingerprint density at radius 2 is 1.68 bits per heavy atom. The van der Waals surface area contributed by atoms with Gasteiger partial charge < -0.3 is 19.7 Å². The molecule has 0 amide bonds. The van der Waals surface area contributed by atoms with Crippen molar-refractivity contribution in [2.24, 2.45) is 0 Å². The number of carboxylic acids is 2. The molecule has 0 bridgehead atoms. The summed E-state index contributed by atoms with van der Waals surface area (Å²) in [4.78, 5) is 22.7. The van der Waals surface area contributed by atoms with Gasteiger partial charge in [0.1, 0.15) is 5.82 Å². The van der Waals surface area contributed by atoms with Gasteiger partial charge in [-0.1, -0.05) is 6.07 Å². The number of methoxy groups -OCH3 is 2. The molecule has 0 spiro atoms. The molecule has 0 saturated carbocycles. The molecule has 0 radical (unpaired) electrons. The molecule has 0 aliphatic carbocycles. The Labute approximate surface area is 142 Å². The Morgan fingerprint density at radius 3 is 2.28 bits per heavy atom. The summed E-state index contributed by atoms with van der Waals surface area (Å²) in [5.74, 6) is -1.35. The van der Waals surface area contributed by atoms with Crippen LogP contribution in [0.3, 0.4) is 0 Å². The normalized spacial score (nSPS) is 9.84. The molecule has 1 aromatic carbocycles. The highest BCUT2D eigenvalue weighted by molar-refractivity contribution is 6.27. The van der Waals surface area contributed by atoms with Crippen molar-refractivity contribution in [3.63, 3.8) is 0 Å². The molecule has 2 heterocycles. The minimum absolute atomic E-state index is 0.702. The monoisotopic (exact) mass is 344 g/mol. The van der Waals surface area contributed by atoms with Crippen LogP contribution < -0.4 is 9.47 Å². The van der Waals surface area contributed by atoms with Crippen molar-refractivity contribution in [2.75, 3.05) is 14.2 Å². The van der Waals surface area contributed by atoms with Gasteiger partial charge in [0.25, 0.3) is 0 Å². The summed E-state index contributed by atoms with van der Waals surface area (Å²) in [6.07, 6.45) is 3.85. The summed E-state index contributed by atoms with van der Waals surface area (Å²) >= 11 is 0. The molecule has 8 nitrogen and oxygen atoms in total. The molecule has 8 heteroatoms. The first kappa shape index (κ1) is 17.8. The molecule has 2 aromatic heterocycles. The van der Waals surface area contributed by atoms with Gasteiger partial charge in [0, 0.05) is 11.8 Å². The molecule has 130 valence electrons. The standard InChI is InChI=1S/C15H14N2O2.C2H2O4/c1-18-13-7-6-11(9-14(13)19-2)15-16-10-12-5-3-4-8-17(12)15;3-1(4)2(5)6/h3-10H,1-2H3;(H,3,4)(H,5,6). The zero-order valence-corrected chi connectivity index (χ0v) is 13.5. The molecule has 2 N–H and O–H groups in total. The number of rotatable bonds is 3. The van der Waals surface area contributed by atoms with Crippen LogP contribution in [0.25, 0.3) is 16.9 Å². The second-order valence-corrected chi connectivity index (χ2v) is 4.76. The first-order valence-corrected chi connectivity index (χ1v) is 7.08. The van der Waals surface area contributed by atoms with Gasteiger partial charge in [-0.25, -0.2) is 14.6 Å².